The van der Waals surface area contributed by atoms with Gasteiger partial charge in [0.05, 0.1) is 16.9 Å². The van der Waals surface area contributed by atoms with Crippen molar-refractivity contribution in [1.29, 1.82) is 0 Å². The summed E-state index contributed by atoms with van der Waals surface area (Å²) in [4.78, 5) is 30.5. The number of nitrogens with one attached hydrogen (secondary N) is 2. The van der Waals surface area contributed by atoms with Crippen molar-refractivity contribution in [3.8, 4) is 5.75 Å². The van der Waals surface area contributed by atoms with Gasteiger partial charge in [-0.3, -0.25) is 9.59 Å². The molecule has 116 valence electrons. The van der Waals surface area contributed by atoms with E-state index < -0.39 is 11.5 Å². The fourth-order valence-corrected chi connectivity index (χ4v) is 2.49. The third-order valence-corrected chi connectivity index (χ3v) is 3.69. The van der Waals surface area contributed by atoms with Gasteiger partial charge < -0.3 is 15.0 Å². The van der Waals surface area contributed by atoms with Crippen LogP contribution in [0, 0.1) is 0 Å². The first-order valence-corrected chi connectivity index (χ1v) is 7.76. The van der Waals surface area contributed by atoms with Gasteiger partial charge in [0.1, 0.15) is 17.9 Å². The highest BCUT2D eigenvalue weighted by molar-refractivity contribution is 7.07. The summed E-state index contributed by atoms with van der Waals surface area (Å²) < 4.78 is 5.69. The van der Waals surface area contributed by atoms with Crippen LogP contribution in [0.1, 0.15) is 16.1 Å². The van der Waals surface area contributed by atoms with E-state index in [4.69, 9.17) is 4.74 Å². The Kier molecular flexibility index (Phi) is 4.49. The number of aromatic amines is 1. The van der Waals surface area contributed by atoms with E-state index in [1.165, 1.54) is 23.6 Å². The second-order valence-electron chi connectivity index (χ2n) is 4.63. The van der Waals surface area contributed by atoms with Crippen molar-refractivity contribution in [2.45, 2.75) is 6.61 Å². The van der Waals surface area contributed by atoms with Gasteiger partial charge in [-0.05, 0) is 24.3 Å². The molecule has 0 saturated heterocycles. The van der Waals surface area contributed by atoms with E-state index in [2.05, 4.69) is 15.3 Å². The second kappa shape index (κ2) is 6.89. The molecule has 3 rings (SSSR count). The molecule has 0 unspecified atom stereocenters. The Labute approximate surface area is 135 Å². The molecule has 0 aliphatic rings. The SMILES string of the molecule is O=C(Nc1ccccc1OCc1cscn1)c1ccc[nH]c1=O. The van der Waals surface area contributed by atoms with Crippen molar-refractivity contribution in [3.63, 3.8) is 0 Å². The number of H-pyrrole nitrogens is 1. The Morgan fingerprint density at radius 3 is 2.91 bits per heavy atom. The Morgan fingerprint density at radius 2 is 2.13 bits per heavy atom. The number of rotatable bonds is 5. The first-order chi connectivity index (χ1) is 11.2. The molecule has 6 nitrogen and oxygen atoms in total. The van der Waals surface area contributed by atoms with Gasteiger partial charge in [0.25, 0.3) is 11.5 Å². The number of ether oxygens (including phenoxy) is 1. The number of hydrogen-bond donors (Lipinski definition) is 2. The topological polar surface area (TPSA) is 84.1 Å². The molecule has 0 fully saturated rings. The van der Waals surface area contributed by atoms with Gasteiger partial charge in [-0.15, -0.1) is 11.3 Å². The molecule has 2 N–H and O–H groups in total. The molecule has 0 spiro atoms. The molecule has 1 aromatic carbocycles. The van der Waals surface area contributed by atoms with Gasteiger partial charge >= 0.3 is 0 Å². The average Bonchev–Trinajstić information content (AvgIpc) is 3.08. The van der Waals surface area contributed by atoms with E-state index in [-0.39, 0.29) is 5.56 Å². The van der Waals surface area contributed by atoms with Gasteiger partial charge in [-0.25, -0.2) is 4.98 Å². The number of hydrogen-bond acceptors (Lipinski definition) is 5. The number of para-hydroxylation sites is 2. The zero-order chi connectivity index (χ0) is 16.1. The molecular weight excluding hydrogens is 314 g/mol. The first kappa shape index (κ1) is 15.0. The van der Waals surface area contributed by atoms with Gasteiger partial charge in [-0.1, -0.05) is 12.1 Å². The molecule has 0 aliphatic carbocycles. The van der Waals surface area contributed by atoms with Crippen LogP contribution in [-0.2, 0) is 6.61 Å². The summed E-state index contributed by atoms with van der Waals surface area (Å²) in [5.41, 5.74) is 2.65. The van der Waals surface area contributed by atoms with Crippen LogP contribution >= 0.6 is 11.3 Å². The van der Waals surface area contributed by atoms with Crippen molar-refractivity contribution in [3.05, 3.63) is 75.1 Å². The van der Waals surface area contributed by atoms with Crippen LogP contribution in [0.5, 0.6) is 5.75 Å². The fourth-order valence-electron chi connectivity index (χ4n) is 1.95. The smallest absolute Gasteiger partial charge is 0.261 e. The highest BCUT2D eigenvalue weighted by atomic mass is 32.1. The molecule has 1 amide bonds. The number of carbonyl (C=O) groups is 1. The maximum Gasteiger partial charge on any atom is 0.261 e. The van der Waals surface area contributed by atoms with Crippen LogP contribution < -0.4 is 15.6 Å². The number of anilines is 1. The molecule has 0 aliphatic heterocycles. The average molecular weight is 327 g/mol. The quantitative estimate of drug-likeness (QED) is 0.754. The number of benzene rings is 1. The summed E-state index contributed by atoms with van der Waals surface area (Å²) in [6.07, 6.45) is 1.48. The maximum atomic E-state index is 12.2. The van der Waals surface area contributed by atoms with E-state index in [1.807, 2.05) is 5.38 Å². The minimum Gasteiger partial charge on any atom is -0.485 e. The molecule has 2 heterocycles. The Bertz CT molecular complexity index is 859. The summed E-state index contributed by atoms with van der Waals surface area (Å²) in [5.74, 6) is 0.0257. The number of nitrogens with zero attached hydrogens (tertiary/aromatic N) is 1. The number of carbonyl (C=O) groups excluding carboxylic acids is 1. The minimum absolute atomic E-state index is 0.0433. The van der Waals surface area contributed by atoms with E-state index in [0.717, 1.165) is 5.69 Å². The molecular formula is C16H13N3O3S. The Morgan fingerprint density at radius 1 is 1.26 bits per heavy atom. The van der Waals surface area contributed by atoms with Gasteiger partial charge in [0, 0.05) is 11.6 Å². The van der Waals surface area contributed by atoms with Crippen LogP contribution in [0.25, 0.3) is 0 Å². The summed E-state index contributed by atoms with van der Waals surface area (Å²) in [6, 6.07) is 10.1. The lowest BCUT2D eigenvalue weighted by Gasteiger charge is -2.11. The van der Waals surface area contributed by atoms with Crippen LogP contribution in [0.4, 0.5) is 5.69 Å². The minimum atomic E-state index is -0.489. The van der Waals surface area contributed by atoms with Crippen molar-refractivity contribution < 1.29 is 9.53 Å². The molecule has 0 radical (unpaired) electrons. The highest BCUT2D eigenvalue weighted by Gasteiger charge is 2.12. The third-order valence-electron chi connectivity index (χ3n) is 3.06. The molecule has 23 heavy (non-hydrogen) atoms. The van der Waals surface area contributed by atoms with Crippen molar-refractivity contribution in [2.24, 2.45) is 0 Å². The number of pyridine rings is 1. The molecule has 3 aromatic rings. The normalized spacial score (nSPS) is 10.3. The molecule has 0 atom stereocenters. The zero-order valence-corrected chi connectivity index (χ0v) is 12.8. The summed E-state index contributed by atoms with van der Waals surface area (Å²) in [7, 11) is 0. The summed E-state index contributed by atoms with van der Waals surface area (Å²) in [6.45, 7) is 0.308. The van der Waals surface area contributed by atoms with Crippen LogP contribution in [0.2, 0.25) is 0 Å². The molecule has 2 aromatic heterocycles. The maximum absolute atomic E-state index is 12.2. The largest absolute Gasteiger partial charge is 0.485 e. The summed E-state index contributed by atoms with van der Waals surface area (Å²) in [5, 5.41) is 4.59. The first-order valence-electron chi connectivity index (χ1n) is 6.82. The van der Waals surface area contributed by atoms with E-state index >= 15 is 0 Å². The Hall–Kier alpha value is -2.93. The van der Waals surface area contributed by atoms with E-state index in [1.54, 1.807) is 35.8 Å². The monoisotopic (exact) mass is 327 g/mol. The second-order valence-corrected chi connectivity index (χ2v) is 5.35. The van der Waals surface area contributed by atoms with Crippen LogP contribution in [-0.4, -0.2) is 15.9 Å². The zero-order valence-electron chi connectivity index (χ0n) is 12.0. The van der Waals surface area contributed by atoms with Gasteiger partial charge in [0.2, 0.25) is 0 Å². The summed E-state index contributed by atoms with van der Waals surface area (Å²) >= 11 is 1.49. The predicted octanol–water partition coefficient (Wildman–Crippen LogP) is 2.66. The van der Waals surface area contributed by atoms with Gasteiger partial charge in [-0.2, -0.15) is 0 Å². The number of aromatic nitrogens is 2. The number of thiazole rings is 1. The molecule has 0 bridgehead atoms. The molecule has 7 heteroatoms. The lowest BCUT2D eigenvalue weighted by Crippen LogP contribution is -2.22. The highest BCUT2D eigenvalue weighted by Crippen LogP contribution is 2.25. The standard InChI is InChI=1S/C16H13N3O3S/c20-15-12(4-3-7-17-15)16(21)19-13-5-1-2-6-14(13)22-8-11-9-23-10-18-11/h1-7,9-10H,8H2,(H,17,20)(H,19,21). The van der Waals surface area contributed by atoms with Crippen molar-refractivity contribution in [1.82, 2.24) is 9.97 Å². The lowest BCUT2D eigenvalue weighted by molar-refractivity contribution is 0.102. The molecule has 0 saturated carbocycles. The van der Waals surface area contributed by atoms with Gasteiger partial charge in [0.15, 0.2) is 0 Å². The Balaban J connectivity index is 1.76. The van der Waals surface area contributed by atoms with Crippen LogP contribution in [0.15, 0.2) is 58.3 Å². The van der Waals surface area contributed by atoms with E-state index in [0.29, 0.717) is 18.0 Å². The number of amides is 1. The van der Waals surface area contributed by atoms with Crippen LogP contribution in [0.3, 0.4) is 0 Å². The predicted molar refractivity (Wildman–Crippen MR) is 87.9 cm³/mol. The lowest BCUT2D eigenvalue weighted by atomic mass is 10.2. The fraction of sp³-hybridized carbons (Fsp3) is 0.0625. The van der Waals surface area contributed by atoms with E-state index in [9.17, 15) is 9.59 Å². The van der Waals surface area contributed by atoms with Crippen molar-refractivity contribution >= 4 is 22.9 Å². The third kappa shape index (κ3) is 3.64. The van der Waals surface area contributed by atoms with Crippen molar-refractivity contribution in [2.75, 3.05) is 5.32 Å².